The van der Waals surface area contributed by atoms with Crippen LogP contribution in [-0.2, 0) is 4.79 Å². The van der Waals surface area contributed by atoms with Gasteiger partial charge in [0, 0.05) is 11.6 Å². The highest BCUT2D eigenvalue weighted by Gasteiger charge is 2.12. The number of para-hydroxylation sites is 2. The average Bonchev–Trinajstić information content (AvgIpc) is 2.61. The molecule has 7 heteroatoms. The minimum absolute atomic E-state index is 0.0138. The Morgan fingerprint density at radius 1 is 1.19 bits per heavy atom. The molecule has 0 spiro atoms. The molecular formula is C19H22N2O5. The molecule has 2 aromatic carbocycles. The quantitative estimate of drug-likeness (QED) is 0.414. The minimum atomic E-state index is -0.457. The molecular weight excluding hydrogens is 336 g/mol. The number of unbranched alkanes of at least 4 members (excludes halogenated alkanes) is 1. The van der Waals surface area contributed by atoms with E-state index in [1.54, 1.807) is 19.1 Å². The van der Waals surface area contributed by atoms with E-state index in [1.807, 2.05) is 12.1 Å². The molecule has 0 saturated carbocycles. The summed E-state index contributed by atoms with van der Waals surface area (Å²) in [6.45, 7) is 4.08. The van der Waals surface area contributed by atoms with Crippen molar-refractivity contribution in [3.8, 4) is 11.5 Å². The molecule has 0 bridgehead atoms. The standard InChI is InChI=1S/C19H22N2O5/c1-3-4-11-25-18-8-6-5-7-16(18)20-19(22)13-26-15-9-10-17(21(23)24)14(2)12-15/h5-10,12H,3-4,11,13H2,1-2H3,(H,20,22). The molecule has 7 nitrogen and oxygen atoms in total. The van der Waals surface area contributed by atoms with Gasteiger partial charge in [0.15, 0.2) is 6.61 Å². The highest BCUT2D eigenvalue weighted by molar-refractivity contribution is 5.93. The molecule has 1 N–H and O–H groups in total. The van der Waals surface area contributed by atoms with Gasteiger partial charge >= 0.3 is 0 Å². The summed E-state index contributed by atoms with van der Waals surface area (Å²) < 4.78 is 11.1. The van der Waals surface area contributed by atoms with Crippen LogP contribution < -0.4 is 14.8 Å². The van der Waals surface area contributed by atoms with Crippen LogP contribution in [0, 0.1) is 17.0 Å². The molecule has 2 aromatic rings. The largest absolute Gasteiger partial charge is 0.491 e. The predicted molar refractivity (Wildman–Crippen MR) is 98.8 cm³/mol. The lowest BCUT2D eigenvalue weighted by molar-refractivity contribution is -0.385. The zero-order valence-electron chi connectivity index (χ0n) is 14.9. The van der Waals surface area contributed by atoms with Crippen LogP contribution in [0.1, 0.15) is 25.3 Å². The zero-order chi connectivity index (χ0) is 18.9. The third-order valence-electron chi connectivity index (χ3n) is 3.65. The summed E-state index contributed by atoms with van der Waals surface area (Å²) in [4.78, 5) is 22.5. The second-order valence-electron chi connectivity index (χ2n) is 5.74. The molecule has 0 saturated heterocycles. The van der Waals surface area contributed by atoms with Gasteiger partial charge in [-0.05, 0) is 37.6 Å². The van der Waals surface area contributed by atoms with Crippen molar-refractivity contribution < 1.29 is 19.2 Å². The van der Waals surface area contributed by atoms with Crippen LogP contribution >= 0.6 is 0 Å². The molecule has 0 aliphatic heterocycles. The predicted octanol–water partition coefficient (Wildman–Crippen LogP) is 4.10. The van der Waals surface area contributed by atoms with Crippen molar-refractivity contribution in [2.75, 3.05) is 18.5 Å². The second kappa shape index (κ2) is 9.41. The van der Waals surface area contributed by atoms with Gasteiger partial charge in [-0.1, -0.05) is 25.5 Å². The molecule has 0 fully saturated rings. The Morgan fingerprint density at radius 2 is 1.96 bits per heavy atom. The lowest BCUT2D eigenvalue weighted by Crippen LogP contribution is -2.20. The Bertz CT molecular complexity index is 776. The van der Waals surface area contributed by atoms with E-state index in [1.165, 1.54) is 18.2 Å². The molecule has 0 unspecified atom stereocenters. The van der Waals surface area contributed by atoms with Crippen LogP contribution in [0.3, 0.4) is 0 Å². The Balaban J connectivity index is 1.93. The molecule has 138 valence electrons. The number of benzene rings is 2. The average molecular weight is 358 g/mol. The van der Waals surface area contributed by atoms with Crippen molar-refractivity contribution in [2.24, 2.45) is 0 Å². The lowest BCUT2D eigenvalue weighted by Gasteiger charge is -2.12. The third-order valence-corrected chi connectivity index (χ3v) is 3.65. The Labute approximate surface area is 152 Å². The van der Waals surface area contributed by atoms with Crippen molar-refractivity contribution in [2.45, 2.75) is 26.7 Å². The van der Waals surface area contributed by atoms with Crippen molar-refractivity contribution in [1.29, 1.82) is 0 Å². The molecule has 0 heterocycles. The van der Waals surface area contributed by atoms with E-state index < -0.39 is 4.92 Å². The van der Waals surface area contributed by atoms with E-state index in [4.69, 9.17) is 9.47 Å². The SMILES string of the molecule is CCCCOc1ccccc1NC(=O)COc1ccc([N+](=O)[O-])c(C)c1. The normalized spacial score (nSPS) is 10.2. The van der Waals surface area contributed by atoms with Crippen molar-refractivity contribution in [3.63, 3.8) is 0 Å². The van der Waals surface area contributed by atoms with E-state index in [-0.39, 0.29) is 18.2 Å². The number of hydrogen-bond donors (Lipinski definition) is 1. The number of carbonyl (C=O) groups excluding carboxylic acids is 1. The minimum Gasteiger partial charge on any atom is -0.491 e. The molecule has 0 aromatic heterocycles. The fourth-order valence-electron chi connectivity index (χ4n) is 2.28. The summed E-state index contributed by atoms with van der Waals surface area (Å²) in [5.41, 5.74) is 1.07. The smallest absolute Gasteiger partial charge is 0.272 e. The Kier molecular flexibility index (Phi) is 6.96. The fraction of sp³-hybridized carbons (Fsp3) is 0.316. The molecule has 0 atom stereocenters. The number of nitro benzene ring substituents is 1. The number of nitro groups is 1. The number of anilines is 1. The van der Waals surface area contributed by atoms with Gasteiger partial charge in [0.05, 0.1) is 17.2 Å². The van der Waals surface area contributed by atoms with Crippen LogP contribution in [0.4, 0.5) is 11.4 Å². The maximum atomic E-state index is 12.1. The molecule has 0 aliphatic rings. The third kappa shape index (κ3) is 5.47. The van der Waals surface area contributed by atoms with E-state index in [9.17, 15) is 14.9 Å². The summed E-state index contributed by atoms with van der Waals surface area (Å²) in [6.07, 6.45) is 1.96. The number of aryl methyl sites for hydroxylation is 1. The van der Waals surface area contributed by atoms with E-state index in [0.717, 1.165) is 12.8 Å². The van der Waals surface area contributed by atoms with E-state index in [2.05, 4.69) is 12.2 Å². The summed E-state index contributed by atoms with van der Waals surface area (Å²) in [7, 11) is 0. The first-order valence-electron chi connectivity index (χ1n) is 8.40. The molecule has 2 rings (SSSR count). The monoisotopic (exact) mass is 358 g/mol. The fourth-order valence-corrected chi connectivity index (χ4v) is 2.28. The molecule has 26 heavy (non-hydrogen) atoms. The second-order valence-corrected chi connectivity index (χ2v) is 5.74. The summed E-state index contributed by atoms with van der Waals surface area (Å²) >= 11 is 0. The number of amides is 1. The van der Waals surface area contributed by atoms with Crippen molar-refractivity contribution in [3.05, 3.63) is 58.1 Å². The number of rotatable bonds is 9. The molecule has 0 radical (unpaired) electrons. The summed E-state index contributed by atoms with van der Waals surface area (Å²) in [5, 5.41) is 13.6. The van der Waals surface area contributed by atoms with E-state index >= 15 is 0 Å². The van der Waals surface area contributed by atoms with Crippen LogP contribution in [0.15, 0.2) is 42.5 Å². The number of nitrogens with one attached hydrogen (secondary N) is 1. The number of nitrogens with zero attached hydrogens (tertiary/aromatic N) is 1. The number of ether oxygens (including phenoxy) is 2. The van der Waals surface area contributed by atoms with Gasteiger partial charge in [0.1, 0.15) is 11.5 Å². The van der Waals surface area contributed by atoms with Crippen LogP contribution in [0.5, 0.6) is 11.5 Å². The highest BCUT2D eigenvalue weighted by Crippen LogP contribution is 2.25. The van der Waals surface area contributed by atoms with Gasteiger partial charge in [-0.3, -0.25) is 14.9 Å². The Morgan fingerprint density at radius 3 is 2.65 bits per heavy atom. The van der Waals surface area contributed by atoms with Crippen LogP contribution in [0.2, 0.25) is 0 Å². The van der Waals surface area contributed by atoms with Gasteiger partial charge in [-0.2, -0.15) is 0 Å². The topological polar surface area (TPSA) is 90.7 Å². The summed E-state index contributed by atoms with van der Waals surface area (Å²) in [6, 6.07) is 11.6. The zero-order valence-corrected chi connectivity index (χ0v) is 14.9. The van der Waals surface area contributed by atoms with Crippen molar-refractivity contribution in [1.82, 2.24) is 0 Å². The first-order chi connectivity index (χ1) is 12.5. The first-order valence-corrected chi connectivity index (χ1v) is 8.40. The summed E-state index contributed by atoms with van der Waals surface area (Å²) in [5.74, 6) is 0.670. The Hall–Kier alpha value is -3.09. The first kappa shape index (κ1) is 19.2. The number of hydrogen-bond acceptors (Lipinski definition) is 5. The van der Waals surface area contributed by atoms with Gasteiger partial charge < -0.3 is 14.8 Å². The maximum Gasteiger partial charge on any atom is 0.272 e. The lowest BCUT2D eigenvalue weighted by atomic mass is 10.2. The highest BCUT2D eigenvalue weighted by atomic mass is 16.6. The maximum absolute atomic E-state index is 12.1. The molecule has 0 aliphatic carbocycles. The van der Waals surface area contributed by atoms with E-state index in [0.29, 0.717) is 29.4 Å². The van der Waals surface area contributed by atoms with Gasteiger partial charge in [0.25, 0.3) is 11.6 Å². The van der Waals surface area contributed by atoms with Gasteiger partial charge in [0.2, 0.25) is 0 Å². The van der Waals surface area contributed by atoms with Crippen LogP contribution in [0.25, 0.3) is 0 Å². The van der Waals surface area contributed by atoms with Gasteiger partial charge in [-0.15, -0.1) is 0 Å². The number of carbonyl (C=O) groups is 1. The van der Waals surface area contributed by atoms with Gasteiger partial charge in [-0.25, -0.2) is 0 Å². The molecule has 1 amide bonds. The van der Waals surface area contributed by atoms with Crippen LogP contribution in [-0.4, -0.2) is 24.0 Å². The van der Waals surface area contributed by atoms with Crippen molar-refractivity contribution >= 4 is 17.3 Å².